The quantitative estimate of drug-likeness (QED) is 0.683. The number of nitrogens with one attached hydrogen (secondary N) is 2. The number of alkyl halides is 3. The fraction of sp³-hybridized carbons (Fsp3) is 0.250. The van der Waals surface area contributed by atoms with Crippen LogP contribution in [0, 0.1) is 0 Å². The number of hydrogen-bond donors (Lipinski definition) is 3. The molecule has 4 N–H and O–H groups in total. The van der Waals surface area contributed by atoms with E-state index in [1.807, 2.05) is 0 Å². The summed E-state index contributed by atoms with van der Waals surface area (Å²) in [6.45, 7) is 1.35. The number of hydrogen-bond acceptors (Lipinski definition) is 4. The van der Waals surface area contributed by atoms with Crippen molar-refractivity contribution in [3.8, 4) is 0 Å². The van der Waals surface area contributed by atoms with E-state index in [-0.39, 0.29) is 12.0 Å². The van der Waals surface area contributed by atoms with Crippen LogP contribution in [0.3, 0.4) is 0 Å². The topological polar surface area (TPSA) is 101 Å². The van der Waals surface area contributed by atoms with E-state index in [9.17, 15) is 27.6 Å². The van der Waals surface area contributed by atoms with Crippen molar-refractivity contribution in [3.05, 3.63) is 71.3 Å². The monoisotopic (exact) mass is 407 g/mol. The third kappa shape index (κ3) is 6.42. The summed E-state index contributed by atoms with van der Waals surface area (Å²) >= 11 is 0. The number of amides is 3. The minimum atomic E-state index is -4.52. The van der Waals surface area contributed by atoms with Crippen molar-refractivity contribution < 1.29 is 27.6 Å². The molecule has 0 aliphatic carbocycles. The van der Waals surface area contributed by atoms with Crippen LogP contribution in [0.5, 0.6) is 0 Å². The van der Waals surface area contributed by atoms with Crippen LogP contribution in [0.4, 0.5) is 13.2 Å². The second kappa shape index (κ2) is 9.33. The number of carbonyl (C=O) groups excluding carboxylic acids is 3. The molecule has 0 aliphatic rings. The maximum absolute atomic E-state index is 12.7. The summed E-state index contributed by atoms with van der Waals surface area (Å²) in [5, 5.41) is 4.45. The number of halogens is 3. The molecule has 0 aliphatic heterocycles. The first-order chi connectivity index (χ1) is 13.6. The Bertz CT molecular complexity index is 885. The number of rotatable bonds is 6. The minimum Gasteiger partial charge on any atom is -0.344 e. The second-order valence-corrected chi connectivity index (χ2v) is 6.41. The van der Waals surface area contributed by atoms with Crippen LogP contribution in [0.2, 0.25) is 0 Å². The Balaban J connectivity index is 1.90. The molecule has 2 aromatic rings. The van der Waals surface area contributed by atoms with Crippen LogP contribution in [-0.4, -0.2) is 23.8 Å². The van der Waals surface area contributed by atoms with E-state index in [0.29, 0.717) is 5.56 Å². The Labute approximate surface area is 165 Å². The first-order valence-corrected chi connectivity index (χ1v) is 8.68. The lowest BCUT2D eigenvalue weighted by Gasteiger charge is -2.16. The van der Waals surface area contributed by atoms with Crippen molar-refractivity contribution in [1.29, 1.82) is 0 Å². The van der Waals surface area contributed by atoms with Crippen molar-refractivity contribution in [1.82, 2.24) is 10.6 Å². The van der Waals surface area contributed by atoms with E-state index in [0.717, 1.165) is 12.1 Å². The van der Waals surface area contributed by atoms with Gasteiger partial charge in [-0.25, -0.2) is 0 Å². The summed E-state index contributed by atoms with van der Waals surface area (Å²) in [4.78, 5) is 36.2. The standard InChI is InChI=1S/C20H20F3N3O3/c1-12(18(28)26-19(29)17(24)14-7-3-2-4-8-14)25-16(27)11-13-6-5-9-15(10-13)20(21,22)23/h2-10,12,17H,11,24H2,1H3,(H,25,27)(H,26,28,29)/t12-,17+/m0/s1. The highest BCUT2D eigenvalue weighted by Crippen LogP contribution is 2.29. The van der Waals surface area contributed by atoms with Gasteiger partial charge in [0.2, 0.25) is 17.7 Å². The van der Waals surface area contributed by atoms with Gasteiger partial charge in [0.15, 0.2) is 0 Å². The molecule has 0 saturated heterocycles. The zero-order chi connectivity index (χ0) is 21.6. The molecule has 0 unspecified atom stereocenters. The zero-order valence-electron chi connectivity index (χ0n) is 15.5. The predicted molar refractivity (Wildman–Crippen MR) is 99.3 cm³/mol. The lowest BCUT2D eigenvalue weighted by atomic mass is 10.1. The van der Waals surface area contributed by atoms with Crippen molar-refractivity contribution in [2.75, 3.05) is 0 Å². The average Bonchev–Trinajstić information content (AvgIpc) is 2.67. The summed E-state index contributed by atoms with van der Waals surface area (Å²) < 4.78 is 38.2. The van der Waals surface area contributed by atoms with Crippen LogP contribution in [0.25, 0.3) is 0 Å². The minimum absolute atomic E-state index is 0.145. The number of carbonyl (C=O) groups is 3. The van der Waals surface area contributed by atoms with E-state index < -0.39 is 41.5 Å². The highest BCUT2D eigenvalue weighted by molar-refractivity contribution is 6.01. The first-order valence-electron chi connectivity index (χ1n) is 8.68. The number of benzene rings is 2. The zero-order valence-corrected chi connectivity index (χ0v) is 15.5. The third-order valence-corrected chi connectivity index (χ3v) is 4.08. The molecular formula is C20H20F3N3O3. The van der Waals surface area contributed by atoms with E-state index in [4.69, 9.17) is 5.73 Å². The van der Waals surface area contributed by atoms with Gasteiger partial charge in [0.05, 0.1) is 12.0 Å². The molecule has 0 radical (unpaired) electrons. The highest BCUT2D eigenvalue weighted by Gasteiger charge is 2.30. The van der Waals surface area contributed by atoms with E-state index in [1.54, 1.807) is 30.3 Å². The van der Waals surface area contributed by atoms with E-state index >= 15 is 0 Å². The van der Waals surface area contributed by atoms with Crippen molar-refractivity contribution >= 4 is 17.7 Å². The van der Waals surface area contributed by atoms with Gasteiger partial charge >= 0.3 is 6.18 Å². The molecule has 0 bridgehead atoms. The maximum Gasteiger partial charge on any atom is 0.416 e. The molecule has 0 heterocycles. The van der Waals surface area contributed by atoms with Crippen LogP contribution in [0.1, 0.15) is 29.7 Å². The molecule has 29 heavy (non-hydrogen) atoms. The van der Waals surface area contributed by atoms with Crippen LogP contribution in [0.15, 0.2) is 54.6 Å². The molecule has 0 saturated carbocycles. The van der Waals surface area contributed by atoms with Gasteiger partial charge in [-0.3, -0.25) is 19.7 Å². The Morgan fingerprint density at radius 2 is 1.66 bits per heavy atom. The molecule has 0 spiro atoms. The molecule has 2 atom stereocenters. The Kier molecular flexibility index (Phi) is 7.11. The fourth-order valence-corrected chi connectivity index (χ4v) is 2.52. The lowest BCUT2D eigenvalue weighted by molar-refractivity contribution is -0.137. The smallest absolute Gasteiger partial charge is 0.344 e. The summed E-state index contributed by atoms with van der Waals surface area (Å²) in [5.74, 6) is -2.18. The molecule has 154 valence electrons. The van der Waals surface area contributed by atoms with Crippen molar-refractivity contribution in [2.24, 2.45) is 5.73 Å². The van der Waals surface area contributed by atoms with Gasteiger partial charge < -0.3 is 11.1 Å². The number of imide groups is 1. The molecule has 2 rings (SSSR count). The summed E-state index contributed by atoms with van der Waals surface area (Å²) in [6.07, 6.45) is -4.86. The largest absolute Gasteiger partial charge is 0.416 e. The van der Waals surface area contributed by atoms with Gasteiger partial charge in [0.1, 0.15) is 12.1 Å². The van der Waals surface area contributed by atoms with Gasteiger partial charge in [0.25, 0.3) is 0 Å². The molecule has 0 aromatic heterocycles. The highest BCUT2D eigenvalue weighted by atomic mass is 19.4. The normalized spacial score (nSPS) is 13.3. The Morgan fingerprint density at radius 1 is 1.00 bits per heavy atom. The van der Waals surface area contributed by atoms with Crippen LogP contribution in [-0.2, 0) is 27.0 Å². The van der Waals surface area contributed by atoms with Gasteiger partial charge in [-0.2, -0.15) is 13.2 Å². The summed E-state index contributed by atoms with van der Waals surface area (Å²) in [5.41, 5.74) is 5.59. The van der Waals surface area contributed by atoms with Gasteiger partial charge in [0, 0.05) is 0 Å². The van der Waals surface area contributed by atoms with E-state index in [1.165, 1.54) is 19.1 Å². The van der Waals surface area contributed by atoms with Crippen LogP contribution < -0.4 is 16.4 Å². The van der Waals surface area contributed by atoms with Gasteiger partial charge in [-0.15, -0.1) is 0 Å². The molecule has 0 fully saturated rings. The van der Waals surface area contributed by atoms with Crippen molar-refractivity contribution in [2.45, 2.75) is 31.6 Å². The van der Waals surface area contributed by atoms with E-state index in [2.05, 4.69) is 10.6 Å². The van der Waals surface area contributed by atoms with Crippen molar-refractivity contribution in [3.63, 3.8) is 0 Å². The fourth-order valence-electron chi connectivity index (χ4n) is 2.52. The molecule has 2 aromatic carbocycles. The Morgan fingerprint density at radius 3 is 2.28 bits per heavy atom. The van der Waals surface area contributed by atoms with Crippen LogP contribution >= 0.6 is 0 Å². The lowest BCUT2D eigenvalue weighted by Crippen LogP contribution is -2.49. The maximum atomic E-state index is 12.7. The second-order valence-electron chi connectivity index (χ2n) is 6.41. The van der Waals surface area contributed by atoms with Gasteiger partial charge in [-0.05, 0) is 24.1 Å². The molecule has 6 nitrogen and oxygen atoms in total. The predicted octanol–water partition coefficient (Wildman–Crippen LogP) is 2.10. The molecule has 9 heteroatoms. The average molecular weight is 407 g/mol. The summed E-state index contributed by atoms with van der Waals surface area (Å²) in [7, 11) is 0. The Hall–Kier alpha value is -3.20. The SMILES string of the molecule is C[C@H](NC(=O)Cc1cccc(C(F)(F)F)c1)C(=O)NC(=O)[C@H](N)c1ccccc1. The molecule has 3 amide bonds. The third-order valence-electron chi connectivity index (χ3n) is 4.08. The first kappa shape index (κ1) is 22.1. The summed E-state index contributed by atoms with van der Waals surface area (Å²) in [6, 6.07) is 10.6. The number of nitrogens with two attached hydrogens (primary N) is 1. The van der Waals surface area contributed by atoms with Gasteiger partial charge in [-0.1, -0.05) is 48.5 Å². The molecular weight excluding hydrogens is 387 g/mol.